The van der Waals surface area contributed by atoms with Crippen LogP contribution in [0.5, 0.6) is 0 Å². The van der Waals surface area contributed by atoms with Gasteiger partial charge in [0, 0.05) is 25.7 Å². The van der Waals surface area contributed by atoms with E-state index >= 15 is 0 Å². The zero-order valence-corrected chi connectivity index (χ0v) is 7.75. The molecule has 4 heteroatoms. The molecular formula is C8H17BN2O. The summed E-state index contributed by atoms with van der Waals surface area (Å²) in [7, 11) is 2.57. The van der Waals surface area contributed by atoms with Crippen molar-refractivity contribution in [2.75, 3.05) is 20.2 Å². The third-order valence-electron chi connectivity index (χ3n) is 2.92. The van der Waals surface area contributed by atoms with E-state index in [0.717, 1.165) is 19.7 Å². The van der Waals surface area contributed by atoms with Gasteiger partial charge in [-0.1, -0.05) is 0 Å². The molecule has 2 saturated heterocycles. The highest BCUT2D eigenvalue weighted by atomic mass is 16.4. The smallest absolute Gasteiger partial charge is 0.363 e. The van der Waals surface area contributed by atoms with Crippen molar-refractivity contribution in [3.8, 4) is 0 Å². The lowest BCUT2D eigenvalue weighted by Crippen LogP contribution is -2.38. The first-order valence-electron chi connectivity index (χ1n) is 4.86. The molecule has 2 rings (SSSR count). The fourth-order valence-corrected chi connectivity index (χ4v) is 2.32. The summed E-state index contributed by atoms with van der Waals surface area (Å²) >= 11 is 0. The molecule has 0 aromatic rings. The molecule has 12 heavy (non-hydrogen) atoms. The van der Waals surface area contributed by atoms with Gasteiger partial charge >= 0.3 is 7.62 Å². The van der Waals surface area contributed by atoms with Gasteiger partial charge in [0.25, 0.3) is 0 Å². The maximum atomic E-state index is 5.14. The highest BCUT2D eigenvalue weighted by molar-refractivity contribution is 6.23. The van der Waals surface area contributed by atoms with Crippen LogP contribution < -0.4 is 5.32 Å². The number of nitrogens with zero attached hydrogens (tertiary/aromatic N) is 1. The van der Waals surface area contributed by atoms with Crippen LogP contribution in [0.2, 0.25) is 0 Å². The molecule has 2 aliphatic rings. The number of fused-ring (bicyclic) bond motifs is 2. The van der Waals surface area contributed by atoms with Gasteiger partial charge in [-0.05, 0) is 25.8 Å². The van der Waals surface area contributed by atoms with Gasteiger partial charge in [-0.15, -0.1) is 0 Å². The van der Waals surface area contributed by atoms with Crippen LogP contribution in [0.1, 0.15) is 19.3 Å². The molecule has 68 valence electrons. The number of hydrogen-bond acceptors (Lipinski definition) is 3. The first kappa shape index (κ1) is 8.54. The Hall–Kier alpha value is -0.0551. The summed E-state index contributed by atoms with van der Waals surface area (Å²) in [6.45, 7) is 2.37. The summed E-state index contributed by atoms with van der Waals surface area (Å²) in [5.74, 6) is 0. The summed E-state index contributed by atoms with van der Waals surface area (Å²) in [5.41, 5.74) is 0. The zero-order chi connectivity index (χ0) is 8.39. The van der Waals surface area contributed by atoms with E-state index < -0.39 is 0 Å². The van der Waals surface area contributed by atoms with Gasteiger partial charge in [0.05, 0.1) is 0 Å². The maximum absolute atomic E-state index is 5.14. The zero-order valence-electron chi connectivity index (χ0n) is 7.75. The van der Waals surface area contributed by atoms with Crippen LogP contribution in [0.3, 0.4) is 0 Å². The summed E-state index contributed by atoms with van der Waals surface area (Å²) < 4.78 is 5.14. The topological polar surface area (TPSA) is 24.5 Å². The highest BCUT2D eigenvalue weighted by Crippen LogP contribution is 2.19. The van der Waals surface area contributed by atoms with Crippen LogP contribution in [-0.4, -0.2) is 44.7 Å². The van der Waals surface area contributed by atoms with Gasteiger partial charge in [-0.3, -0.25) is 0 Å². The van der Waals surface area contributed by atoms with Crippen molar-refractivity contribution in [1.82, 2.24) is 10.1 Å². The van der Waals surface area contributed by atoms with Crippen molar-refractivity contribution >= 4 is 7.62 Å². The van der Waals surface area contributed by atoms with Crippen molar-refractivity contribution in [1.29, 1.82) is 0 Å². The number of hydrogen-bond donors (Lipinski definition) is 1. The first-order chi connectivity index (χ1) is 5.88. The molecule has 0 aromatic heterocycles. The fraction of sp³-hybridized carbons (Fsp3) is 1.00. The molecule has 0 amide bonds. The van der Waals surface area contributed by atoms with Crippen molar-refractivity contribution in [3.05, 3.63) is 0 Å². The molecular weight excluding hydrogens is 151 g/mol. The Morgan fingerprint density at radius 2 is 2.17 bits per heavy atom. The second-order valence-electron chi connectivity index (χ2n) is 3.92. The van der Waals surface area contributed by atoms with E-state index in [-0.39, 0.29) is 0 Å². The monoisotopic (exact) mass is 168 g/mol. The molecule has 2 unspecified atom stereocenters. The van der Waals surface area contributed by atoms with E-state index in [2.05, 4.69) is 10.1 Å². The number of rotatable bonds is 2. The van der Waals surface area contributed by atoms with Gasteiger partial charge in [-0.25, -0.2) is 0 Å². The van der Waals surface area contributed by atoms with Gasteiger partial charge in [0.15, 0.2) is 0 Å². The van der Waals surface area contributed by atoms with Crippen LogP contribution in [-0.2, 0) is 4.65 Å². The Kier molecular flexibility index (Phi) is 2.68. The molecule has 0 saturated carbocycles. The van der Waals surface area contributed by atoms with Crippen molar-refractivity contribution < 1.29 is 4.65 Å². The van der Waals surface area contributed by atoms with E-state index in [9.17, 15) is 0 Å². The maximum Gasteiger partial charge on any atom is 0.363 e. The van der Waals surface area contributed by atoms with Gasteiger partial charge in [-0.2, -0.15) is 0 Å². The fourth-order valence-electron chi connectivity index (χ4n) is 2.32. The van der Waals surface area contributed by atoms with Crippen LogP contribution in [0.25, 0.3) is 0 Å². The Balaban J connectivity index is 1.87. The Labute approximate surface area is 74.8 Å². The highest BCUT2D eigenvalue weighted by Gasteiger charge is 2.29. The van der Waals surface area contributed by atoms with Gasteiger partial charge < -0.3 is 14.8 Å². The van der Waals surface area contributed by atoms with Crippen LogP contribution in [0, 0.1) is 0 Å². The Morgan fingerprint density at radius 3 is 3.00 bits per heavy atom. The summed E-state index contributed by atoms with van der Waals surface area (Å²) in [6, 6.07) is 1.52. The molecule has 3 nitrogen and oxygen atoms in total. The lowest BCUT2D eigenvalue weighted by Gasteiger charge is -2.21. The number of nitrogens with one attached hydrogen (secondary N) is 1. The average molecular weight is 168 g/mol. The SMILES string of the molecule is COBN1CCC2CCC(C1)N2. The van der Waals surface area contributed by atoms with Crippen molar-refractivity contribution in [2.45, 2.75) is 31.3 Å². The summed E-state index contributed by atoms with van der Waals surface area (Å²) in [4.78, 5) is 2.40. The van der Waals surface area contributed by atoms with E-state index in [1.165, 1.54) is 32.4 Å². The van der Waals surface area contributed by atoms with Crippen molar-refractivity contribution in [3.63, 3.8) is 0 Å². The van der Waals surface area contributed by atoms with Crippen LogP contribution in [0.4, 0.5) is 0 Å². The first-order valence-corrected chi connectivity index (χ1v) is 4.86. The Bertz CT molecular complexity index is 156. The summed E-state index contributed by atoms with van der Waals surface area (Å²) in [5, 5.41) is 3.64. The van der Waals surface area contributed by atoms with Crippen LogP contribution in [0.15, 0.2) is 0 Å². The molecule has 2 bridgehead atoms. The average Bonchev–Trinajstić information content (AvgIpc) is 2.37. The Morgan fingerprint density at radius 1 is 1.33 bits per heavy atom. The predicted molar refractivity (Wildman–Crippen MR) is 50.3 cm³/mol. The lowest BCUT2D eigenvalue weighted by atomic mass is 10.0. The molecule has 2 fully saturated rings. The minimum absolute atomic E-state index is 0.729. The van der Waals surface area contributed by atoms with Crippen LogP contribution >= 0.6 is 0 Å². The molecule has 2 aliphatic heterocycles. The van der Waals surface area contributed by atoms with E-state index in [0.29, 0.717) is 0 Å². The third kappa shape index (κ3) is 1.81. The largest absolute Gasteiger partial charge is 0.427 e. The predicted octanol–water partition coefficient (Wildman–Crippen LogP) is -0.274. The normalized spacial score (nSPS) is 36.4. The molecule has 0 radical (unpaired) electrons. The third-order valence-corrected chi connectivity index (χ3v) is 2.92. The molecule has 2 heterocycles. The minimum atomic E-state index is 0.729. The van der Waals surface area contributed by atoms with E-state index in [1.54, 1.807) is 7.11 Å². The minimum Gasteiger partial charge on any atom is -0.427 e. The molecule has 0 spiro atoms. The molecule has 1 N–H and O–H groups in total. The lowest BCUT2D eigenvalue weighted by molar-refractivity contribution is 0.323. The second kappa shape index (κ2) is 3.77. The van der Waals surface area contributed by atoms with E-state index in [4.69, 9.17) is 4.65 Å². The van der Waals surface area contributed by atoms with Gasteiger partial charge in [0.2, 0.25) is 0 Å². The van der Waals surface area contributed by atoms with E-state index in [1.807, 2.05) is 0 Å². The second-order valence-corrected chi connectivity index (χ2v) is 3.92. The van der Waals surface area contributed by atoms with Gasteiger partial charge in [0.1, 0.15) is 0 Å². The standard InChI is InChI=1S/C8H17BN2O/c1-12-9-11-5-4-7-2-3-8(6-11)10-7/h7-10H,2-6H2,1H3. The molecule has 0 aliphatic carbocycles. The summed E-state index contributed by atoms with van der Waals surface area (Å²) in [6.07, 6.45) is 4.02. The molecule has 2 atom stereocenters. The van der Waals surface area contributed by atoms with Crippen molar-refractivity contribution in [2.24, 2.45) is 0 Å². The quantitative estimate of drug-likeness (QED) is 0.574. The molecule has 0 aromatic carbocycles.